The van der Waals surface area contributed by atoms with Crippen molar-refractivity contribution in [2.45, 2.75) is 39.2 Å². The Morgan fingerprint density at radius 1 is 1.47 bits per heavy atom. The number of thiophene rings is 1. The highest BCUT2D eigenvalue weighted by Gasteiger charge is 2.22. The van der Waals surface area contributed by atoms with Gasteiger partial charge in [-0.25, -0.2) is 0 Å². The van der Waals surface area contributed by atoms with Crippen LogP contribution in [0, 0.1) is 5.92 Å². The maximum Gasteiger partial charge on any atom is 0.221 e. The minimum atomic E-state index is 0.0535. The number of amides is 1. The molecule has 1 heterocycles. The molecule has 1 rings (SSSR count). The van der Waals surface area contributed by atoms with E-state index in [1.807, 2.05) is 6.07 Å². The standard InChI is InChI=1S/C13H22N2OS/c1-3-10(4-2)13(11-6-5-9-17-11)15-12(16)7-8-14/h5-6,9-10,13H,3-4,7-8,14H2,1-2H3,(H,15,16). The molecule has 0 saturated heterocycles. The molecule has 1 aromatic rings. The molecule has 0 aliphatic rings. The molecule has 0 spiro atoms. The average Bonchev–Trinajstić information content (AvgIpc) is 2.83. The van der Waals surface area contributed by atoms with Crippen LogP contribution >= 0.6 is 11.3 Å². The second-order valence-corrected chi connectivity index (χ2v) is 5.16. The molecule has 1 atom stereocenters. The molecule has 0 radical (unpaired) electrons. The smallest absolute Gasteiger partial charge is 0.221 e. The first kappa shape index (κ1) is 14.2. The predicted molar refractivity (Wildman–Crippen MR) is 72.9 cm³/mol. The average molecular weight is 254 g/mol. The lowest BCUT2D eigenvalue weighted by atomic mass is 9.93. The highest BCUT2D eigenvalue weighted by atomic mass is 32.1. The SMILES string of the molecule is CCC(CC)C(NC(=O)CCN)c1cccs1. The summed E-state index contributed by atoms with van der Waals surface area (Å²) in [5, 5.41) is 5.17. The molecule has 1 aromatic heterocycles. The highest BCUT2D eigenvalue weighted by molar-refractivity contribution is 7.10. The number of carbonyl (C=O) groups is 1. The molecule has 0 aliphatic carbocycles. The van der Waals surface area contributed by atoms with Crippen LogP contribution in [0.15, 0.2) is 17.5 Å². The van der Waals surface area contributed by atoms with Crippen LogP contribution in [0.5, 0.6) is 0 Å². The molecule has 0 aliphatic heterocycles. The van der Waals surface area contributed by atoms with Crippen LogP contribution in [0.25, 0.3) is 0 Å². The number of hydrogen-bond donors (Lipinski definition) is 2. The van der Waals surface area contributed by atoms with Crippen molar-refractivity contribution in [3.63, 3.8) is 0 Å². The summed E-state index contributed by atoms with van der Waals surface area (Å²) in [6, 6.07) is 4.27. The largest absolute Gasteiger partial charge is 0.348 e. The van der Waals surface area contributed by atoms with Crippen molar-refractivity contribution in [2.75, 3.05) is 6.54 Å². The normalized spacial score (nSPS) is 12.7. The lowest BCUT2D eigenvalue weighted by Crippen LogP contribution is -2.33. The number of hydrogen-bond acceptors (Lipinski definition) is 3. The van der Waals surface area contributed by atoms with Gasteiger partial charge in [-0.15, -0.1) is 11.3 Å². The molecule has 1 unspecified atom stereocenters. The summed E-state index contributed by atoms with van der Waals surface area (Å²) in [7, 11) is 0. The molecule has 0 aromatic carbocycles. The predicted octanol–water partition coefficient (Wildman–Crippen LogP) is 2.69. The zero-order valence-corrected chi connectivity index (χ0v) is 11.4. The monoisotopic (exact) mass is 254 g/mol. The van der Waals surface area contributed by atoms with E-state index in [4.69, 9.17) is 5.73 Å². The summed E-state index contributed by atoms with van der Waals surface area (Å²) in [5.74, 6) is 0.549. The van der Waals surface area contributed by atoms with E-state index in [0.29, 0.717) is 18.9 Å². The van der Waals surface area contributed by atoms with Crippen molar-refractivity contribution in [3.05, 3.63) is 22.4 Å². The van der Waals surface area contributed by atoms with Gasteiger partial charge in [0.05, 0.1) is 6.04 Å². The maximum absolute atomic E-state index is 11.7. The lowest BCUT2D eigenvalue weighted by molar-refractivity contribution is -0.122. The number of carbonyl (C=O) groups excluding carboxylic acids is 1. The third-order valence-electron chi connectivity index (χ3n) is 3.06. The number of nitrogens with one attached hydrogen (secondary N) is 1. The van der Waals surface area contributed by atoms with E-state index < -0.39 is 0 Å². The van der Waals surface area contributed by atoms with E-state index in [-0.39, 0.29) is 11.9 Å². The van der Waals surface area contributed by atoms with Gasteiger partial charge in [0, 0.05) is 17.8 Å². The van der Waals surface area contributed by atoms with E-state index in [1.165, 1.54) is 4.88 Å². The summed E-state index contributed by atoms with van der Waals surface area (Å²) in [4.78, 5) is 12.9. The van der Waals surface area contributed by atoms with Crippen molar-refractivity contribution < 1.29 is 4.79 Å². The van der Waals surface area contributed by atoms with Gasteiger partial charge in [0.15, 0.2) is 0 Å². The fourth-order valence-electron chi connectivity index (χ4n) is 2.03. The van der Waals surface area contributed by atoms with Gasteiger partial charge in [-0.2, -0.15) is 0 Å². The molecular weight excluding hydrogens is 232 g/mol. The second kappa shape index (κ2) is 7.45. The Kier molecular flexibility index (Phi) is 6.22. The van der Waals surface area contributed by atoms with Gasteiger partial charge in [-0.1, -0.05) is 32.8 Å². The highest BCUT2D eigenvalue weighted by Crippen LogP contribution is 2.30. The Hall–Kier alpha value is -0.870. The zero-order valence-electron chi connectivity index (χ0n) is 10.6. The Morgan fingerprint density at radius 2 is 2.18 bits per heavy atom. The second-order valence-electron chi connectivity index (χ2n) is 4.18. The van der Waals surface area contributed by atoms with Crippen molar-refractivity contribution in [3.8, 4) is 0 Å². The molecule has 17 heavy (non-hydrogen) atoms. The van der Waals surface area contributed by atoms with Crippen molar-refractivity contribution in [1.29, 1.82) is 0 Å². The van der Waals surface area contributed by atoms with E-state index in [2.05, 4.69) is 30.6 Å². The minimum absolute atomic E-state index is 0.0535. The van der Waals surface area contributed by atoms with Crippen LogP contribution in [0.4, 0.5) is 0 Å². The first-order chi connectivity index (χ1) is 8.22. The van der Waals surface area contributed by atoms with Crippen molar-refractivity contribution in [1.82, 2.24) is 5.32 Å². The third kappa shape index (κ3) is 4.13. The molecule has 0 fully saturated rings. The fraction of sp³-hybridized carbons (Fsp3) is 0.615. The van der Waals surface area contributed by atoms with E-state index >= 15 is 0 Å². The van der Waals surface area contributed by atoms with Gasteiger partial charge in [-0.05, 0) is 17.4 Å². The fourth-order valence-corrected chi connectivity index (χ4v) is 2.90. The van der Waals surface area contributed by atoms with Gasteiger partial charge < -0.3 is 11.1 Å². The molecule has 3 N–H and O–H groups in total. The number of nitrogens with two attached hydrogens (primary N) is 1. The summed E-state index contributed by atoms with van der Waals surface area (Å²) < 4.78 is 0. The quantitative estimate of drug-likeness (QED) is 0.786. The Morgan fingerprint density at radius 3 is 2.65 bits per heavy atom. The molecule has 96 valence electrons. The topological polar surface area (TPSA) is 55.1 Å². The molecule has 4 heteroatoms. The molecule has 3 nitrogen and oxygen atoms in total. The zero-order chi connectivity index (χ0) is 12.7. The van der Waals surface area contributed by atoms with Crippen LogP contribution in [-0.4, -0.2) is 12.5 Å². The van der Waals surface area contributed by atoms with E-state index in [0.717, 1.165) is 12.8 Å². The van der Waals surface area contributed by atoms with Gasteiger partial charge in [0.2, 0.25) is 5.91 Å². The first-order valence-corrected chi connectivity index (χ1v) is 7.13. The van der Waals surface area contributed by atoms with Gasteiger partial charge in [0.25, 0.3) is 0 Å². The van der Waals surface area contributed by atoms with Gasteiger partial charge in [-0.3, -0.25) is 4.79 Å². The minimum Gasteiger partial charge on any atom is -0.348 e. The molecule has 1 amide bonds. The van der Waals surface area contributed by atoms with Crippen LogP contribution in [0.1, 0.15) is 44.0 Å². The van der Waals surface area contributed by atoms with Crippen LogP contribution < -0.4 is 11.1 Å². The van der Waals surface area contributed by atoms with E-state index in [9.17, 15) is 4.79 Å². The molecule has 0 bridgehead atoms. The third-order valence-corrected chi connectivity index (χ3v) is 4.01. The first-order valence-electron chi connectivity index (χ1n) is 6.25. The van der Waals surface area contributed by atoms with Crippen LogP contribution in [-0.2, 0) is 4.79 Å². The maximum atomic E-state index is 11.7. The number of rotatable bonds is 7. The van der Waals surface area contributed by atoms with Gasteiger partial charge in [0.1, 0.15) is 0 Å². The van der Waals surface area contributed by atoms with Gasteiger partial charge >= 0.3 is 0 Å². The van der Waals surface area contributed by atoms with Crippen molar-refractivity contribution in [2.24, 2.45) is 11.7 Å². The lowest BCUT2D eigenvalue weighted by Gasteiger charge is -2.25. The molecular formula is C13H22N2OS. The van der Waals surface area contributed by atoms with Crippen molar-refractivity contribution >= 4 is 17.2 Å². The summed E-state index contributed by atoms with van der Waals surface area (Å²) in [6.07, 6.45) is 2.55. The van der Waals surface area contributed by atoms with E-state index in [1.54, 1.807) is 11.3 Å². The summed E-state index contributed by atoms with van der Waals surface area (Å²) in [6.45, 7) is 4.75. The Bertz CT molecular complexity index is 320. The van der Waals surface area contributed by atoms with Crippen LogP contribution in [0.2, 0.25) is 0 Å². The Balaban J connectivity index is 2.76. The Labute approximate surface area is 107 Å². The van der Waals surface area contributed by atoms with Crippen LogP contribution in [0.3, 0.4) is 0 Å². The molecule has 0 saturated carbocycles. The summed E-state index contributed by atoms with van der Waals surface area (Å²) in [5.41, 5.74) is 5.41. The summed E-state index contributed by atoms with van der Waals surface area (Å²) >= 11 is 1.70.